The number of carbonyl (C=O) groups excluding carboxylic acids is 1. The largest absolute Gasteiger partial charge is 0.334 e. The Bertz CT molecular complexity index is 800. The topological polar surface area (TPSA) is 58.6 Å². The number of rotatable bonds is 2. The smallest absolute Gasteiger partial charge is 0.201 e. The van der Waals surface area contributed by atoms with Crippen molar-refractivity contribution in [2.24, 2.45) is 5.92 Å². The van der Waals surface area contributed by atoms with Crippen molar-refractivity contribution in [1.29, 1.82) is 0 Å². The van der Waals surface area contributed by atoms with E-state index in [1.165, 1.54) is 0 Å². The number of nitrogens with zero attached hydrogens (tertiary/aromatic N) is 2. The maximum absolute atomic E-state index is 12.4. The minimum absolute atomic E-state index is 0.148. The van der Waals surface area contributed by atoms with Crippen molar-refractivity contribution in [2.45, 2.75) is 25.7 Å². The van der Waals surface area contributed by atoms with E-state index in [-0.39, 0.29) is 11.7 Å². The van der Waals surface area contributed by atoms with Crippen LogP contribution in [0.25, 0.3) is 21.9 Å². The van der Waals surface area contributed by atoms with Gasteiger partial charge in [-0.2, -0.15) is 0 Å². The first-order valence-electron chi connectivity index (χ1n) is 7.10. The van der Waals surface area contributed by atoms with Crippen LogP contribution in [-0.2, 0) is 0 Å². The van der Waals surface area contributed by atoms with Crippen LogP contribution < -0.4 is 0 Å². The molecular formula is C16H15N3O. The van der Waals surface area contributed by atoms with Gasteiger partial charge in [-0.25, -0.2) is 4.98 Å². The molecule has 1 fully saturated rings. The molecule has 0 spiro atoms. The summed E-state index contributed by atoms with van der Waals surface area (Å²) >= 11 is 0. The van der Waals surface area contributed by atoms with Crippen molar-refractivity contribution in [2.75, 3.05) is 0 Å². The van der Waals surface area contributed by atoms with Crippen LogP contribution >= 0.6 is 0 Å². The van der Waals surface area contributed by atoms with Gasteiger partial charge in [0.25, 0.3) is 0 Å². The molecule has 1 aromatic carbocycles. The van der Waals surface area contributed by atoms with E-state index in [4.69, 9.17) is 0 Å². The van der Waals surface area contributed by atoms with Crippen LogP contribution in [-0.4, -0.2) is 20.7 Å². The predicted molar refractivity (Wildman–Crippen MR) is 77.7 cm³/mol. The predicted octanol–water partition coefficient (Wildman–Crippen LogP) is 3.48. The summed E-state index contributed by atoms with van der Waals surface area (Å²) in [6, 6.07) is 7.88. The standard InChI is InChI=1S/C16H15N3O/c20-15(10-5-1-2-6-10)16-18-13-9-17-12-8-4-3-7-11(12)14(13)19-16/h3-4,7-10H,1-2,5-6H2,(H,18,19). The van der Waals surface area contributed by atoms with E-state index in [0.717, 1.165) is 47.6 Å². The third-order valence-corrected chi connectivity index (χ3v) is 4.18. The van der Waals surface area contributed by atoms with Crippen molar-refractivity contribution in [1.82, 2.24) is 15.0 Å². The van der Waals surface area contributed by atoms with E-state index in [0.29, 0.717) is 5.82 Å². The number of benzene rings is 1. The maximum atomic E-state index is 12.4. The number of imidazole rings is 1. The zero-order valence-electron chi connectivity index (χ0n) is 11.1. The molecule has 0 aliphatic heterocycles. The van der Waals surface area contributed by atoms with Crippen LogP contribution in [0, 0.1) is 5.92 Å². The van der Waals surface area contributed by atoms with Crippen molar-refractivity contribution < 1.29 is 4.79 Å². The van der Waals surface area contributed by atoms with E-state index < -0.39 is 0 Å². The Labute approximate surface area is 116 Å². The Morgan fingerprint density at radius 2 is 2.00 bits per heavy atom. The zero-order valence-corrected chi connectivity index (χ0v) is 11.1. The van der Waals surface area contributed by atoms with Crippen molar-refractivity contribution in [3.63, 3.8) is 0 Å². The number of fused-ring (bicyclic) bond motifs is 3. The molecule has 20 heavy (non-hydrogen) atoms. The second-order valence-electron chi connectivity index (χ2n) is 5.47. The van der Waals surface area contributed by atoms with Crippen LogP contribution in [0.3, 0.4) is 0 Å². The van der Waals surface area contributed by atoms with E-state index >= 15 is 0 Å². The molecule has 100 valence electrons. The van der Waals surface area contributed by atoms with Crippen LogP contribution in [0.5, 0.6) is 0 Å². The summed E-state index contributed by atoms with van der Waals surface area (Å²) < 4.78 is 0. The molecule has 0 saturated heterocycles. The number of aromatic amines is 1. The fourth-order valence-electron chi connectivity index (χ4n) is 3.10. The first kappa shape index (κ1) is 11.6. The van der Waals surface area contributed by atoms with Crippen LogP contribution in [0.2, 0.25) is 0 Å². The van der Waals surface area contributed by atoms with Gasteiger partial charge in [-0.1, -0.05) is 31.0 Å². The average Bonchev–Trinajstić information content (AvgIpc) is 3.15. The number of pyridine rings is 1. The number of hydrogen-bond acceptors (Lipinski definition) is 3. The first-order chi connectivity index (χ1) is 9.83. The minimum atomic E-state index is 0.148. The molecule has 3 aromatic rings. The van der Waals surface area contributed by atoms with Gasteiger partial charge < -0.3 is 4.98 Å². The minimum Gasteiger partial charge on any atom is -0.334 e. The Balaban J connectivity index is 1.85. The SMILES string of the molecule is O=C(c1nc2c(cnc3ccccc32)[nH]1)C1CCCC1. The van der Waals surface area contributed by atoms with Gasteiger partial charge in [0.2, 0.25) is 5.78 Å². The van der Waals surface area contributed by atoms with Gasteiger partial charge in [0.1, 0.15) is 5.52 Å². The first-order valence-corrected chi connectivity index (χ1v) is 7.10. The lowest BCUT2D eigenvalue weighted by Gasteiger charge is -2.03. The number of para-hydroxylation sites is 1. The van der Waals surface area contributed by atoms with Crippen LogP contribution in [0.15, 0.2) is 30.5 Å². The molecule has 1 aliphatic rings. The van der Waals surface area contributed by atoms with Crippen LogP contribution in [0.4, 0.5) is 0 Å². The van der Waals surface area contributed by atoms with Gasteiger partial charge in [-0.3, -0.25) is 9.78 Å². The quantitative estimate of drug-likeness (QED) is 0.721. The summed E-state index contributed by atoms with van der Waals surface area (Å²) in [6.07, 6.45) is 6.06. The molecule has 0 amide bonds. The van der Waals surface area contributed by atoms with E-state index in [1.54, 1.807) is 6.20 Å². The normalized spacial score (nSPS) is 16.2. The molecule has 1 saturated carbocycles. The molecule has 0 bridgehead atoms. The molecular weight excluding hydrogens is 250 g/mol. The molecule has 1 aliphatic carbocycles. The van der Waals surface area contributed by atoms with Crippen molar-refractivity contribution in [3.8, 4) is 0 Å². The average molecular weight is 265 g/mol. The third kappa shape index (κ3) is 1.72. The molecule has 4 nitrogen and oxygen atoms in total. The summed E-state index contributed by atoms with van der Waals surface area (Å²) in [5.74, 6) is 0.794. The van der Waals surface area contributed by atoms with E-state index in [2.05, 4.69) is 15.0 Å². The lowest BCUT2D eigenvalue weighted by Crippen LogP contribution is -2.12. The summed E-state index contributed by atoms with van der Waals surface area (Å²) in [5, 5.41) is 0.992. The van der Waals surface area contributed by atoms with Gasteiger partial charge in [-0.15, -0.1) is 0 Å². The van der Waals surface area contributed by atoms with Gasteiger partial charge >= 0.3 is 0 Å². The number of Topliss-reactive ketones (excluding diaryl/α,β-unsaturated/α-hetero) is 1. The van der Waals surface area contributed by atoms with E-state index in [9.17, 15) is 4.79 Å². The van der Waals surface area contributed by atoms with Gasteiger partial charge in [0.05, 0.1) is 17.2 Å². The highest BCUT2D eigenvalue weighted by atomic mass is 16.1. The van der Waals surface area contributed by atoms with Gasteiger partial charge in [-0.05, 0) is 18.9 Å². The number of hydrogen-bond donors (Lipinski definition) is 1. The Kier molecular flexibility index (Phi) is 2.55. The zero-order chi connectivity index (χ0) is 13.5. The lowest BCUT2D eigenvalue weighted by atomic mass is 10.0. The molecule has 0 radical (unpaired) electrons. The van der Waals surface area contributed by atoms with Gasteiger partial charge in [0, 0.05) is 11.3 Å². The second-order valence-corrected chi connectivity index (χ2v) is 5.47. The molecule has 2 aromatic heterocycles. The molecule has 0 unspecified atom stereocenters. The molecule has 2 heterocycles. The Morgan fingerprint density at radius 1 is 1.20 bits per heavy atom. The molecule has 1 N–H and O–H groups in total. The van der Waals surface area contributed by atoms with Crippen molar-refractivity contribution >= 4 is 27.7 Å². The molecule has 0 atom stereocenters. The number of H-pyrrole nitrogens is 1. The lowest BCUT2D eigenvalue weighted by molar-refractivity contribution is 0.0913. The summed E-state index contributed by atoms with van der Waals surface area (Å²) in [6.45, 7) is 0. The monoisotopic (exact) mass is 265 g/mol. The van der Waals surface area contributed by atoms with Crippen LogP contribution in [0.1, 0.15) is 36.3 Å². The maximum Gasteiger partial charge on any atom is 0.201 e. The fourth-order valence-corrected chi connectivity index (χ4v) is 3.10. The number of ketones is 1. The highest BCUT2D eigenvalue weighted by Gasteiger charge is 2.26. The summed E-state index contributed by atoms with van der Waals surface area (Å²) in [7, 11) is 0. The summed E-state index contributed by atoms with van der Waals surface area (Å²) in [4.78, 5) is 24.5. The number of carbonyl (C=O) groups is 1. The second kappa shape index (κ2) is 4.40. The Morgan fingerprint density at radius 3 is 2.85 bits per heavy atom. The number of aromatic nitrogens is 3. The number of nitrogens with one attached hydrogen (secondary N) is 1. The van der Waals surface area contributed by atoms with Gasteiger partial charge in [0.15, 0.2) is 5.82 Å². The fraction of sp³-hybridized carbons (Fsp3) is 0.312. The summed E-state index contributed by atoms with van der Waals surface area (Å²) in [5.41, 5.74) is 2.59. The van der Waals surface area contributed by atoms with Crippen molar-refractivity contribution in [3.05, 3.63) is 36.3 Å². The third-order valence-electron chi connectivity index (χ3n) is 4.18. The molecule has 4 rings (SSSR count). The highest BCUT2D eigenvalue weighted by molar-refractivity contribution is 6.05. The Hall–Kier alpha value is -2.23. The molecule has 4 heteroatoms. The van der Waals surface area contributed by atoms with E-state index in [1.807, 2.05) is 24.3 Å². The highest BCUT2D eigenvalue weighted by Crippen LogP contribution is 2.28.